The summed E-state index contributed by atoms with van der Waals surface area (Å²) in [6.45, 7) is 7.26. The lowest BCUT2D eigenvalue weighted by atomic mass is 9.91. The summed E-state index contributed by atoms with van der Waals surface area (Å²) in [4.78, 5) is 15.2. The van der Waals surface area contributed by atoms with Gasteiger partial charge in [-0.2, -0.15) is 5.26 Å². The molecule has 0 aliphatic carbocycles. The minimum absolute atomic E-state index is 0.0654. The maximum absolute atomic E-state index is 13.8. The second kappa shape index (κ2) is 12.1. The summed E-state index contributed by atoms with van der Waals surface area (Å²) in [5, 5.41) is 12.2. The standard InChI is InChI=1S/C34H33N3O3S2/c1-22-14-23(2)33(24(3)15-22)41-37-21-29-13-12-28(27-6-5-7-31(17-27)42(4,39)40)16-30(29)18-32(37)34(38)36-20-26-10-8-25(19-35)9-11-26/h5-17,32H,18,20-21H2,1-4H3,(H,36,38). The maximum Gasteiger partial charge on any atom is 0.238 e. The molecule has 0 saturated carbocycles. The van der Waals surface area contributed by atoms with E-state index in [-0.39, 0.29) is 10.8 Å². The van der Waals surface area contributed by atoms with Crippen molar-refractivity contribution in [2.45, 2.75) is 56.1 Å². The molecule has 1 aliphatic rings. The third-order valence-corrected chi connectivity index (χ3v) is 10.1. The van der Waals surface area contributed by atoms with Crippen molar-refractivity contribution in [3.05, 3.63) is 118 Å². The van der Waals surface area contributed by atoms with Crippen molar-refractivity contribution in [3.8, 4) is 17.2 Å². The smallest absolute Gasteiger partial charge is 0.238 e. The van der Waals surface area contributed by atoms with Crippen molar-refractivity contribution in [2.24, 2.45) is 0 Å². The predicted molar refractivity (Wildman–Crippen MR) is 168 cm³/mol. The van der Waals surface area contributed by atoms with Crippen molar-refractivity contribution in [2.75, 3.05) is 6.26 Å². The number of rotatable bonds is 7. The molecule has 0 fully saturated rings. The van der Waals surface area contributed by atoms with Gasteiger partial charge < -0.3 is 5.32 Å². The quantitative estimate of drug-likeness (QED) is 0.252. The topological polar surface area (TPSA) is 90.3 Å². The summed E-state index contributed by atoms with van der Waals surface area (Å²) in [6, 6.07) is 26.4. The number of benzene rings is 4. The van der Waals surface area contributed by atoms with E-state index in [2.05, 4.69) is 60.7 Å². The van der Waals surface area contributed by atoms with Crippen LogP contribution in [0.1, 0.15) is 38.9 Å². The van der Waals surface area contributed by atoms with Gasteiger partial charge >= 0.3 is 0 Å². The minimum Gasteiger partial charge on any atom is -0.351 e. The van der Waals surface area contributed by atoms with E-state index in [1.807, 2.05) is 24.3 Å². The zero-order valence-corrected chi connectivity index (χ0v) is 25.8. The van der Waals surface area contributed by atoms with Gasteiger partial charge in [0.25, 0.3) is 0 Å². The Labute approximate surface area is 252 Å². The number of nitriles is 1. The minimum atomic E-state index is -3.33. The molecule has 0 radical (unpaired) electrons. The highest BCUT2D eigenvalue weighted by molar-refractivity contribution is 7.97. The number of hydrogen-bond donors (Lipinski definition) is 1. The van der Waals surface area contributed by atoms with Crippen LogP contribution in [-0.2, 0) is 34.1 Å². The summed E-state index contributed by atoms with van der Waals surface area (Å²) >= 11 is 1.63. The first-order chi connectivity index (χ1) is 20.0. The molecular formula is C34H33N3O3S2. The summed E-state index contributed by atoms with van der Waals surface area (Å²) in [7, 11) is -3.33. The maximum atomic E-state index is 13.8. The van der Waals surface area contributed by atoms with E-state index in [9.17, 15) is 13.2 Å². The molecule has 42 heavy (non-hydrogen) atoms. The molecule has 5 rings (SSSR count). The van der Waals surface area contributed by atoms with Gasteiger partial charge in [-0.15, -0.1) is 0 Å². The summed E-state index contributed by atoms with van der Waals surface area (Å²) in [5.74, 6) is -0.0654. The summed E-state index contributed by atoms with van der Waals surface area (Å²) < 4.78 is 26.5. The molecule has 4 aromatic carbocycles. The number of fused-ring (bicyclic) bond motifs is 1. The number of amides is 1. The van der Waals surface area contributed by atoms with E-state index < -0.39 is 15.9 Å². The predicted octanol–water partition coefficient (Wildman–Crippen LogP) is 6.30. The summed E-state index contributed by atoms with van der Waals surface area (Å²) in [6.07, 6.45) is 1.73. The SMILES string of the molecule is Cc1cc(C)c(SN2Cc3ccc(-c4cccc(S(C)(=O)=O)c4)cc3CC2C(=O)NCc2ccc(C#N)cc2)c(C)c1. The molecule has 1 N–H and O–H groups in total. The fourth-order valence-corrected chi connectivity index (χ4v) is 7.20. The van der Waals surface area contributed by atoms with Gasteiger partial charge in [0.15, 0.2) is 9.84 Å². The third kappa shape index (κ3) is 6.60. The second-order valence-electron chi connectivity index (χ2n) is 10.9. The molecule has 1 atom stereocenters. The zero-order chi connectivity index (χ0) is 30.0. The van der Waals surface area contributed by atoms with E-state index in [4.69, 9.17) is 5.26 Å². The van der Waals surface area contributed by atoms with Crippen LogP contribution in [0.2, 0.25) is 0 Å². The fourth-order valence-electron chi connectivity index (χ4n) is 5.40. The number of carbonyl (C=O) groups excluding carboxylic acids is 1. The van der Waals surface area contributed by atoms with Crippen molar-refractivity contribution >= 4 is 27.7 Å². The average Bonchev–Trinajstić information content (AvgIpc) is 2.97. The molecule has 0 spiro atoms. The molecule has 214 valence electrons. The van der Waals surface area contributed by atoms with Gasteiger partial charge in [0.2, 0.25) is 5.91 Å². The number of aryl methyl sites for hydroxylation is 3. The van der Waals surface area contributed by atoms with Gasteiger partial charge in [-0.1, -0.05) is 60.2 Å². The van der Waals surface area contributed by atoms with Crippen molar-refractivity contribution in [3.63, 3.8) is 0 Å². The molecule has 8 heteroatoms. The highest BCUT2D eigenvalue weighted by Gasteiger charge is 2.33. The highest BCUT2D eigenvalue weighted by Crippen LogP contribution is 2.38. The van der Waals surface area contributed by atoms with E-state index in [0.29, 0.717) is 25.1 Å². The lowest BCUT2D eigenvalue weighted by molar-refractivity contribution is -0.125. The Kier molecular flexibility index (Phi) is 8.55. The number of nitrogens with zero attached hydrogens (tertiary/aromatic N) is 2. The first-order valence-electron chi connectivity index (χ1n) is 13.7. The van der Waals surface area contributed by atoms with Gasteiger partial charge in [0, 0.05) is 24.2 Å². The van der Waals surface area contributed by atoms with Crippen LogP contribution in [0.4, 0.5) is 0 Å². The average molecular weight is 596 g/mol. The normalized spacial score (nSPS) is 15.1. The lowest BCUT2D eigenvalue weighted by Gasteiger charge is -2.36. The van der Waals surface area contributed by atoms with Crippen LogP contribution in [0.3, 0.4) is 0 Å². The van der Waals surface area contributed by atoms with Crippen LogP contribution in [0, 0.1) is 32.1 Å². The highest BCUT2D eigenvalue weighted by atomic mass is 32.2. The zero-order valence-electron chi connectivity index (χ0n) is 24.1. The van der Waals surface area contributed by atoms with Crippen LogP contribution in [0.25, 0.3) is 11.1 Å². The van der Waals surface area contributed by atoms with E-state index in [0.717, 1.165) is 32.7 Å². The van der Waals surface area contributed by atoms with Gasteiger partial charge in [-0.3, -0.25) is 4.79 Å². The Morgan fingerprint density at radius 2 is 1.64 bits per heavy atom. The van der Waals surface area contributed by atoms with Crippen molar-refractivity contribution in [1.29, 1.82) is 5.26 Å². The largest absolute Gasteiger partial charge is 0.351 e. The Balaban J connectivity index is 1.45. The Bertz CT molecular complexity index is 1790. The summed E-state index contributed by atoms with van der Waals surface area (Å²) in [5.41, 5.74) is 9.04. The number of carbonyl (C=O) groups is 1. The van der Waals surface area contributed by atoms with Gasteiger partial charge in [0.05, 0.1) is 16.5 Å². The van der Waals surface area contributed by atoms with E-state index in [1.165, 1.54) is 22.9 Å². The molecule has 0 aromatic heterocycles. The van der Waals surface area contributed by atoms with Gasteiger partial charge in [-0.05, 0) is 102 Å². The number of sulfone groups is 1. The molecule has 6 nitrogen and oxygen atoms in total. The molecule has 1 amide bonds. The van der Waals surface area contributed by atoms with Crippen LogP contribution >= 0.6 is 11.9 Å². The molecular weight excluding hydrogens is 563 g/mol. The fraction of sp³-hybridized carbons (Fsp3) is 0.235. The van der Waals surface area contributed by atoms with Crippen LogP contribution in [-0.4, -0.2) is 30.9 Å². The van der Waals surface area contributed by atoms with Crippen LogP contribution in [0.15, 0.2) is 88.7 Å². The first kappa shape index (κ1) is 29.6. The number of hydrogen-bond acceptors (Lipinski definition) is 6. The Hall–Kier alpha value is -3.90. The first-order valence-corrected chi connectivity index (χ1v) is 16.4. The van der Waals surface area contributed by atoms with E-state index >= 15 is 0 Å². The van der Waals surface area contributed by atoms with Gasteiger partial charge in [-0.25, -0.2) is 12.7 Å². The lowest BCUT2D eigenvalue weighted by Crippen LogP contribution is -2.47. The number of nitrogens with one attached hydrogen (secondary N) is 1. The van der Waals surface area contributed by atoms with Crippen molar-refractivity contribution < 1.29 is 13.2 Å². The molecule has 1 heterocycles. The monoisotopic (exact) mass is 595 g/mol. The third-order valence-electron chi connectivity index (χ3n) is 7.55. The molecule has 4 aromatic rings. The van der Waals surface area contributed by atoms with Crippen molar-refractivity contribution in [1.82, 2.24) is 9.62 Å². The van der Waals surface area contributed by atoms with Gasteiger partial charge in [0.1, 0.15) is 6.04 Å². The molecule has 0 bridgehead atoms. The van der Waals surface area contributed by atoms with E-state index in [1.54, 1.807) is 42.3 Å². The Morgan fingerprint density at radius 1 is 0.952 bits per heavy atom. The van der Waals surface area contributed by atoms with Crippen LogP contribution < -0.4 is 5.32 Å². The molecule has 0 saturated heterocycles. The molecule has 1 unspecified atom stereocenters. The Morgan fingerprint density at radius 3 is 2.31 bits per heavy atom. The van der Waals surface area contributed by atoms with Crippen LogP contribution in [0.5, 0.6) is 0 Å². The second-order valence-corrected chi connectivity index (χ2v) is 14.0. The molecule has 1 aliphatic heterocycles.